The highest BCUT2D eigenvalue weighted by Crippen LogP contribution is 2.21. The van der Waals surface area contributed by atoms with Gasteiger partial charge in [0.15, 0.2) is 11.8 Å². The van der Waals surface area contributed by atoms with E-state index in [1.165, 1.54) is 30.5 Å². The van der Waals surface area contributed by atoms with Crippen molar-refractivity contribution in [3.63, 3.8) is 0 Å². The van der Waals surface area contributed by atoms with Crippen molar-refractivity contribution in [2.75, 3.05) is 0 Å². The summed E-state index contributed by atoms with van der Waals surface area (Å²) >= 11 is 3.23. The second kappa shape index (κ2) is 8.64. The summed E-state index contributed by atoms with van der Waals surface area (Å²) < 4.78 is 24.1. The van der Waals surface area contributed by atoms with Crippen LogP contribution in [0.3, 0.4) is 0 Å². The van der Waals surface area contributed by atoms with Crippen LogP contribution in [0.2, 0.25) is 0 Å². The number of esters is 1. The molecule has 0 fully saturated rings. The van der Waals surface area contributed by atoms with E-state index in [4.69, 9.17) is 9.15 Å². The van der Waals surface area contributed by atoms with Crippen LogP contribution < -0.4 is 5.32 Å². The van der Waals surface area contributed by atoms with Crippen molar-refractivity contribution in [2.24, 2.45) is 0 Å². The highest BCUT2D eigenvalue weighted by Gasteiger charge is 2.26. The molecule has 3 aromatic rings. The molecule has 0 saturated carbocycles. The summed E-state index contributed by atoms with van der Waals surface area (Å²) in [5.74, 6) is -1.49. The van der Waals surface area contributed by atoms with Gasteiger partial charge in [-0.3, -0.25) is 4.79 Å². The molecule has 0 saturated heterocycles. The predicted octanol–water partition coefficient (Wildman–Crippen LogP) is 4.40. The summed E-state index contributed by atoms with van der Waals surface area (Å²) in [6.07, 6.45) is 1.37. The Morgan fingerprint density at radius 2 is 1.89 bits per heavy atom. The van der Waals surface area contributed by atoms with Crippen LogP contribution in [0.15, 0.2) is 75.8 Å². The van der Waals surface area contributed by atoms with E-state index in [2.05, 4.69) is 21.2 Å². The Morgan fingerprint density at radius 3 is 2.56 bits per heavy atom. The maximum atomic E-state index is 13.2. The van der Waals surface area contributed by atoms with Crippen molar-refractivity contribution in [1.29, 1.82) is 0 Å². The third-order valence-electron chi connectivity index (χ3n) is 3.77. The SMILES string of the molecule is O=C(NC(C(=O)OCc1ccc(F)cc1Br)c1ccccc1)c1ccco1. The van der Waals surface area contributed by atoms with Crippen molar-refractivity contribution in [3.8, 4) is 0 Å². The maximum Gasteiger partial charge on any atom is 0.333 e. The zero-order valence-electron chi connectivity index (χ0n) is 14.0. The highest BCUT2D eigenvalue weighted by molar-refractivity contribution is 9.10. The number of nitrogens with one attached hydrogen (secondary N) is 1. The Balaban J connectivity index is 1.75. The monoisotopic (exact) mass is 431 g/mol. The first-order chi connectivity index (χ1) is 13.0. The molecule has 0 spiro atoms. The molecule has 1 N–H and O–H groups in total. The third-order valence-corrected chi connectivity index (χ3v) is 4.51. The number of carbonyl (C=O) groups is 2. The number of carbonyl (C=O) groups excluding carboxylic acids is 2. The number of rotatable bonds is 6. The first-order valence-corrected chi connectivity index (χ1v) is 8.84. The number of amides is 1. The van der Waals surface area contributed by atoms with E-state index < -0.39 is 23.7 Å². The maximum absolute atomic E-state index is 13.2. The highest BCUT2D eigenvalue weighted by atomic mass is 79.9. The lowest BCUT2D eigenvalue weighted by molar-refractivity contribution is -0.147. The number of hydrogen-bond donors (Lipinski definition) is 1. The summed E-state index contributed by atoms with van der Waals surface area (Å²) in [6, 6.07) is 14.9. The molecule has 0 bridgehead atoms. The van der Waals surface area contributed by atoms with Crippen molar-refractivity contribution in [1.82, 2.24) is 5.32 Å². The van der Waals surface area contributed by atoms with Gasteiger partial charge in [0.25, 0.3) is 5.91 Å². The molecule has 1 heterocycles. The largest absolute Gasteiger partial charge is 0.459 e. The van der Waals surface area contributed by atoms with E-state index in [1.54, 1.807) is 36.4 Å². The average molecular weight is 432 g/mol. The van der Waals surface area contributed by atoms with Crippen LogP contribution in [0.1, 0.15) is 27.7 Å². The van der Waals surface area contributed by atoms with Gasteiger partial charge in [-0.05, 0) is 29.8 Å². The quantitative estimate of drug-likeness (QED) is 0.587. The molecule has 1 unspecified atom stereocenters. The van der Waals surface area contributed by atoms with Gasteiger partial charge < -0.3 is 14.5 Å². The van der Waals surface area contributed by atoms with Gasteiger partial charge in [0.05, 0.1) is 6.26 Å². The second-order valence-electron chi connectivity index (χ2n) is 5.64. The molecule has 138 valence electrons. The molecular weight excluding hydrogens is 417 g/mol. The fraction of sp³-hybridized carbons (Fsp3) is 0.100. The smallest absolute Gasteiger partial charge is 0.333 e. The van der Waals surface area contributed by atoms with Crippen LogP contribution in [0, 0.1) is 5.82 Å². The van der Waals surface area contributed by atoms with Crippen molar-refractivity contribution >= 4 is 27.8 Å². The van der Waals surface area contributed by atoms with Crippen LogP contribution in [-0.4, -0.2) is 11.9 Å². The molecule has 2 aromatic carbocycles. The molecule has 1 atom stereocenters. The molecule has 7 heteroatoms. The topological polar surface area (TPSA) is 68.5 Å². The molecular formula is C20H15BrFNO4. The molecule has 1 amide bonds. The van der Waals surface area contributed by atoms with Crippen LogP contribution >= 0.6 is 15.9 Å². The summed E-state index contributed by atoms with van der Waals surface area (Å²) in [5, 5.41) is 2.62. The summed E-state index contributed by atoms with van der Waals surface area (Å²) in [4.78, 5) is 24.9. The van der Waals surface area contributed by atoms with E-state index in [9.17, 15) is 14.0 Å². The summed E-state index contributed by atoms with van der Waals surface area (Å²) in [7, 11) is 0. The van der Waals surface area contributed by atoms with Crippen LogP contribution in [-0.2, 0) is 16.1 Å². The Hall–Kier alpha value is -2.93. The Morgan fingerprint density at radius 1 is 1.11 bits per heavy atom. The summed E-state index contributed by atoms with van der Waals surface area (Å²) in [5.41, 5.74) is 1.18. The lowest BCUT2D eigenvalue weighted by Gasteiger charge is -2.18. The standard InChI is InChI=1S/C20H15BrFNO4/c21-16-11-15(22)9-8-14(16)12-27-20(25)18(13-5-2-1-3-6-13)23-19(24)17-7-4-10-26-17/h1-11,18H,12H2,(H,23,24). The van der Waals surface area contributed by atoms with Gasteiger partial charge in [0, 0.05) is 10.0 Å². The predicted molar refractivity (Wildman–Crippen MR) is 99.3 cm³/mol. The Kier molecular flexibility index (Phi) is 6.03. The molecule has 0 aliphatic rings. The fourth-order valence-electron chi connectivity index (χ4n) is 2.40. The first kappa shape index (κ1) is 18.8. The van der Waals surface area contributed by atoms with Crippen molar-refractivity contribution < 1.29 is 23.1 Å². The van der Waals surface area contributed by atoms with Gasteiger partial charge in [-0.25, -0.2) is 9.18 Å². The zero-order valence-corrected chi connectivity index (χ0v) is 15.6. The van der Waals surface area contributed by atoms with Gasteiger partial charge >= 0.3 is 5.97 Å². The molecule has 0 aliphatic carbocycles. The lowest BCUT2D eigenvalue weighted by atomic mass is 10.1. The first-order valence-electron chi connectivity index (χ1n) is 8.04. The number of hydrogen-bond acceptors (Lipinski definition) is 4. The van der Waals surface area contributed by atoms with Gasteiger partial charge in [0.2, 0.25) is 0 Å². The third kappa shape index (κ3) is 4.83. The van der Waals surface area contributed by atoms with Gasteiger partial charge in [-0.1, -0.05) is 52.3 Å². The van der Waals surface area contributed by atoms with E-state index in [-0.39, 0.29) is 12.4 Å². The van der Waals surface area contributed by atoms with Crippen molar-refractivity contribution in [2.45, 2.75) is 12.6 Å². The zero-order chi connectivity index (χ0) is 19.2. The van der Waals surface area contributed by atoms with Crippen molar-refractivity contribution in [3.05, 3.63) is 94.1 Å². The van der Waals surface area contributed by atoms with Crippen LogP contribution in [0.25, 0.3) is 0 Å². The molecule has 0 aliphatic heterocycles. The average Bonchev–Trinajstić information content (AvgIpc) is 3.20. The van der Waals surface area contributed by atoms with Gasteiger partial charge in [-0.2, -0.15) is 0 Å². The molecule has 27 heavy (non-hydrogen) atoms. The van der Waals surface area contributed by atoms with E-state index in [0.717, 1.165) is 0 Å². The van der Waals surface area contributed by atoms with E-state index in [1.807, 2.05) is 0 Å². The Labute approximate surface area is 163 Å². The molecule has 0 radical (unpaired) electrons. The van der Waals surface area contributed by atoms with Crippen LogP contribution in [0.4, 0.5) is 4.39 Å². The lowest BCUT2D eigenvalue weighted by Crippen LogP contribution is -2.34. The summed E-state index contributed by atoms with van der Waals surface area (Å²) in [6.45, 7) is -0.0698. The van der Waals surface area contributed by atoms with Crippen LogP contribution in [0.5, 0.6) is 0 Å². The second-order valence-corrected chi connectivity index (χ2v) is 6.49. The minimum Gasteiger partial charge on any atom is -0.459 e. The number of benzene rings is 2. The normalized spacial score (nSPS) is 11.6. The Bertz CT molecular complexity index is 928. The molecule has 5 nitrogen and oxygen atoms in total. The minimum atomic E-state index is -1.01. The number of halogens is 2. The van der Waals surface area contributed by atoms with Gasteiger partial charge in [0.1, 0.15) is 12.4 Å². The number of furan rings is 1. The molecule has 3 rings (SSSR count). The van der Waals surface area contributed by atoms with E-state index >= 15 is 0 Å². The fourth-order valence-corrected chi connectivity index (χ4v) is 2.87. The van der Waals surface area contributed by atoms with Gasteiger partial charge in [-0.15, -0.1) is 0 Å². The van der Waals surface area contributed by atoms with E-state index in [0.29, 0.717) is 15.6 Å². The molecule has 1 aromatic heterocycles. The minimum absolute atomic E-state index is 0.0698. The number of ether oxygens (including phenoxy) is 1.